The molecular formula is C17H20ClN3O4. The number of halogens is 1. The molecule has 0 spiro atoms. The Labute approximate surface area is 150 Å². The summed E-state index contributed by atoms with van der Waals surface area (Å²) in [7, 11) is 0. The van der Waals surface area contributed by atoms with E-state index in [-0.39, 0.29) is 0 Å². The van der Waals surface area contributed by atoms with Gasteiger partial charge in [0.25, 0.3) is 0 Å². The van der Waals surface area contributed by atoms with E-state index in [0.717, 1.165) is 48.1 Å². The summed E-state index contributed by atoms with van der Waals surface area (Å²) in [6.07, 6.45) is 0. The molecule has 0 saturated carbocycles. The first kappa shape index (κ1) is 19.0. The second-order valence-electron chi connectivity index (χ2n) is 5.71. The van der Waals surface area contributed by atoms with Gasteiger partial charge >= 0.3 is 11.9 Å². The van der Waals surface area contributed by atoms with Crippen LogP contribution in [0.2, 0.25) is 5.02 Å². The fraction of sp³-hybridized carbons (Fsp3) is 0.353. The highest BCUT2D eigenvalue weighted by Gasteiger charge is 2.14. The number of carbonyl (C=O) groups is 2. The molecule has 0 bridgehead atoms. The summed E-state index contributed by atoms with van der Waals surface area (Å²) in [4.78, 5) is 25.4. The average Bonchev–Trinajstić information content (AvgIpc) is 2.59. The number of nitrogens with zero attached hydrogens (tertiary/aromatic N) is 2. The molecule has 0 atom stereocenters. The summed E-state index contributed by atoms with van der Waals surface area (Å²) in [6, 6.07) is 6.20. The Balaban J connectivity index is 0.000000326. The Hall–Kier alpha value is -2.38. The van der Waals surface area contributed by atoms with Gasteiger partial charge in [0.1, 0.15) is 5.82 Å². The third-order valence-electron chi connectivity index (χ3n) is 3.99. The van der Waals surface area contributed by atoms with Crippen molar-refractivity contribution in [1.82, 2.24) is 10.3 Å². The van der Waals surface area contributed by atoms with E-state index in [1.165, 1.54) is 10.9 Å². The number of piperazine rings is 1. The lowest BCUT2D eigenvalue weighted by atomic mass is 10.1. The number of aromatic nitrogens is 1. The number of aliphatic carboxylic acids is 2. The van der Waals surface area contributed by atoms with E-state index < -0.39 is 11.9 Å². The molecule has 2 heterocycles. The molecule has 1 aromatic carbocycles. The van der Waals surface area contributed by atoms with Crippen molar-refractivity contribution in [3.63, 3.8) is 0 Å². The van der Waals surface area contributed by atoms with E-state index >= 15 is 0 Å². The summed E-state index contributed by atoms with van der Waals surface area (Å²) in [5.41, 5.74) is 3.36. The van der Waals surface area contributed by atoms with E-state index in [1.54, 1.807) is 0 Å². The number of pyridine rings is 1. The number of nitrogens with one attached hydrogen (secondary N) is 1. The van der Waals surface area contributed by atoms with Crippen molar-refractivity contribution in [2.24, 2.45) is 0 Å². The lowest BCUT2D eigenvalue weighted by molar-refractivity contribution is -0.159. The monoisotopic (exact) mass is 365 g/mol. The minimum absolute atomic E-state index is 0.789. The van der Waals surface area contributed by atoms with Crippen LogP contribution in [0.15, 0.2) is 18.2 Å². The van der Waals surface area contributed by atoms with Gasteiger partial charge in [0.15, 0.2) is 0 Å². The Morgan fingerprint density at radius 3 is 2.32 bits per heavy atom. The van der Waals surface area contributed by atoms with E-state index in [2.05, 4.69) is 29.3 Å². The van der Waals surface area contributed by atoms with Gasteiger partial charge in [-0.15, -0.1) is 0 Å². The summed E-state index contributed by atoms with van der Waals surface area (Å²) in [6.45, 7) is 8.25. The van der Waals surface area contributed by atoms with Crippen LogP contribution in [0.25, 0.3) is 10.9 Å². The lowest BCUT2D eigenvalue weighted by Crippen LogP contribution is -2.43. The van der Waals surface area contributed by atoms with E-state index in [4.69, 9.17) is 36.4 Å². The Bertz CT molecular complexity index is 792. The van der Waals surface area contributed by atoms with Gasteiger partial charge in [0.2, 0.25) is 0 Å². The molecule has 7 nitrogen and oxygen atoms in total. The van der Waals surface area contributed by atoms with E-state index in [9.17, 15) is 0 Å². The highest BCUT2D eigenvalue weighted by molar-refractivity contribution is 6.32. The molecule has 1 saturated heterocycles. The number of carboxylic acid groups (broad SMARTS) is 2. The Morgan fingerprint density at radius 1 is 1.16 bits per heavy atom. The topological polar surface area (TPSA) is 103 Å². The molecule has 1 aliphatic heterocycles. The molecule has 0 unspecified atom stereocenters. The zero-order chi connectivity index (χ0) is 18.6. The van der Waals surface area contributed by atoms with Gasteiger partial charge in [-0.05, 0) is 37.1 Å². The maximum Gasteiger partial charge on any atom is 0.414 e. The van der Waals surface area contributed by atoms with Crippen molar-refractivity contribution in [1.29, 1.82) is 0 Å². The number of rotatable bonds is 1. The zero-order valence-electron chi connectivity index (χ0n) is 14.0. The number of aryl methyl sites for hydroxylation is 2. The minimum atomic E-state index is -1.82. The molecule has 1 aromatic heterocycles. The van der Waals surface area contributed by atoms with Crippen LogP contribution >= 0.6 is 11.6 Å². The van der Waals surface area contributed by atoms with Crippen LogP contribution in [0, 0.1) is 13.8 Å². The SMILES string of the molecule is Cc1cc(N2CCNCC2)nc2c(C)c(Cl)ccc12.O=C(O)C(=O)O. The highest BCUT2D eigenvalue weighted by atomic mass is 35.5. The standard InChI is InChI=1S/C15H18ClN3.C2H2O4/c1-10-9-14(19-7-5-17-6-8-19)18-15-11(2)13(16)4-3-12(10)15;3-1(4)2(5)6/h3-4,9,17H,5-8H2,1-2H3;(H,3,4)(H,5,6). The molecule has 0 aliphatic carbocycles. The number of carboxylic acids is 2. The molecule has 2 aromatic rings. The quantitative estimate of drug-likeness (QED) is 0.665. The van der Waals surface area contributed by atoms with Crippen LogP contribution in [0.3, 0.4) is 0 Å². The van der Waals surface area contributed by atoms with Crippen LogP contribution < -0.4 is 10.2 Å². The minimum Gasteiger partial charge on any atom is -0.473 e. The molecule has 134 valence electrons. The fourth-order valence-corrected chi connectivity index (χ4v) is 2.76. The van der Waals surface area contributed by atoms with E-state index in [1.807, 2.05) is 13.0 Å². The van der Waals surface area contributed by atoms with Gasteiger partial charge < -0.3 is 20.4 Å². The van der Waals surface area contributed by atoms with Gasteiger partial charge in [-0.1, -0.05) is 17.7 Å². The molecule has 1 aliphatic rings. The average molecular weight is 366 g/mol. The third kappa shape index (κ3) is 4.58. The van der Waals surface area contributed by atoms with Crippen molar-refractivity contribution in [2.75, 3.05) is 31.1 Å². The molecule has 3 N–H and O–H groups in total. The molecule has 3 rings (SSSR count). The normalized spacial score (nSPS) is 14.0. The number of hydrogen-bond acceptors (Lipinski definition) is 5. The van der Waals surface area contributed by atoms with Crippen molar-refractivity contribution in [3.05, 3.63) is 34.3 Å². The second kappa shape index (κ2) is 8.13. The predicted octanol–water partition coefficient (Wildman–Crippen LogP) is 2.07. The molecular weight excluding hydrogens is 346 g/mol. The predicted molar refractivity (Wildman–Crippen MR) is 96.6 cm³/mol. The van der Waals surface area contributed by atoms with Crippen LogP contribution in [-0.4, -0.2) is 53.3 Å². The van der Waals surface area contributed by atoms with Gasteiger partial charge in [-0.25, -0.2) is 14.6 Å². The summed E-state index contributed by atoms with van der Waals surface area (Å²) in [5, 5.41) is 20.1. The van der Waals surface area contributed by atoms with Crippen LogP contribution in [0.5, 0.6) is 0 Å². The van der Waals surface area contributed by atoms with Gasteiger partial charge in [0, 0.05) is 36.6 Å². The lowest BCUT2D eigenvalue weighted by Gasteiger charge is -2.29. The Morgan fingerprint density at radius 2 is 1.76 bits per heavy atom. The number of hydrogen-bond donors (Lipinski definition) is 3. The van der Waals surface area contributed by atoms with Crippen molar-refractivity contribution < 1.29 is 19.8 Å². The van der Waals surface area contributed by atoms with Crippen LogP contribution in [0.1, 0.15) is 11.1 Å². The molecule has 25 heavy (non-hydrogen) atoms. The second-order valence-corrected chi connectivity index (χ2v) is 6.12. The first-order valence-corrected chi connectivity index (χ1v) is 8.17. The summed E-state index contributed by atoms with van der Waals surface area (Å²) < 4.78 is 0. The van der Waals surface area contributed by atoms with Gasteiger partial charge in [-0.3, -0.25) is 0 Å². The third-order valence-corrected chi connectivity index (χ3v) is 4.40. The van der Waals surface area contributed by atoms with Crippen LogP contribution in [0.4, 0.5) is 5.82 Å². The van der Waals surface area contributed by atoms with E-state index in [0.29, 0.717) is 0 Å². The largest absolute Gasteiger partial charge is 0.473 e. The van der Waals surface area contributed by atoms with Crippen LogP contribution in [-0.2, 0) is 9.59 Å². The smallest absolute Gasteiger partial charge is 0.414 e. The first-order chi connectivity index (χ1) is 11.8. The maximum atomic E-state index is 9.10. The van der Waals surface area contributed by atoms with Crippen molar-refractivity contribution in [3.8, 4) is 0 Å². The first-order valence-electron chi connectivity index (χ1n) is 7.79. The number of anilines is 1. The molecule has 8 heteroatoms. The maximum absolute atomic E-state index is 9.10. The van der Waals surface area contributed by atoms with Crippen molar-refractivity contribution in [2.45, 2.75) is 13.8 Å². The summed E-state index contributed by atoms with van der Waals surface area (Å²) >= 11 is 6.21. The number of benzene rings is 1. The molecule has 1 fully saturated rings. The van der Waals surface area contributed by atoms with Gasteiger partial charge in [-0.2, -0.15) is 0 Å². The zero-order valence-corrected chi connectivity index (χ0v) is 14.8. The fourth-order valence-electron chi connectivity index (χ4n) is 2.61. The highest BCUT2D eigenvalue weighted by Crippen LogP contribution is 2.28. The molecule has 0 amide bonds. The Kier molecular flexibility index (Phi) is 6.17. The number of fused-ring (bicyclic) bond motifs is 1. The van der Waals surface area contributed by atoms with Crippen molar-refractivity contribution >= 4 is 40.3 Å². The van der Waals surface area contributed by atoms with Gasteiger partial charge in [0.05, 0.1) is 5.52 Å². The molecule has 0 radical (unpaired) electrons. The summed E-state index contributed by atoms with van der Waals surface area (Å²) in [5.74, 6) is -2.58.